The van der Waals surface area contributed by atoms with Crippen LogP contribution in [0.2, 0.25) is 0 Å². The minimum Gasteiger partial charge on any atom is -0.346 e. The fraction of sp³-hybridized carbons (Fsp3) is 0.350. The average Bonchev–Trinajstić information content (AvgIpc) is 3.00. The molecule has 0 aliphatic heterocycles. The number of hydrogen-bond donors (Lipinski definition) is 1. The van der Waals surface area contributed by atoms with Gasteiger partial charge < -0.3 is 5.32 Å². The van der Waals surface area contributed by atoms with Gasteiger partial charge >= 0.3 is 6.18 Å². The van der Waals surface area contributed by atoms with Crippen LogP contribution >= 0.6 is 0 Å². The van der Waals surface area contributed by atoms with E-state index in [1.807, 2.05) is 12.1 Å². The molecule has 0 saturated carbocycles. The first-order valence-corrected chi connectivity index (χ1v) is 8.95. The molecular formula is C20H19F3N4O. The highest BCUT2D eigenvalue weighted by Crippen LogP contribution is 2.40. The molecule has 3 aromatic rings. The lowest BCUT2D eigenvalue weighted by atomic mass is 9.88. The third-order valence-electron chi connectivity index (χ3n) is 4.61. The summed E-state index contributed by atoms with van der Waals surface area (Å²) in [5.41, 5.74) is 0.589. The zero-order valence-corrected chi connectivity index (χ0v) is 15.7. The summed E-state index contributed by atoms with van der Waals surface area (Å²) in [7, 11) is 0. The summed E-state index contributed by atoms with van der Waals surface area (Å²) in [5.74, 6) is -0.538. The summed E-state index contributed by atoms with van der Waals surface area (Å²) >= 11 is 0. The quantitative estimate of drug-likeness (QED) is 0.684. The zero-order valence-electron chi connectivity index (χ0n) is 15.7. The van der Waals surface area contributed by atoms with Gasteiger partial charge in [0.1, 0.15) is 0 Å². The summed E-state index contributed by atoms with van der Waals surface area (Å²) in [6.45, 7) is 5.36. The molecular weight excluding hydrogens is 369 g/mol. The van der Waals surface area contributed by atoms with Crippen molar-refractivity contribution in [2.24, 2.45) is 0 Å². The largest absolute Gasteiger partial charge is 0.433 e. The van der Waals surface area contributed by atoms with E-state index >= 15 is 0 Å². The van der Waals surface area contributed by atoms with Gasteiger partial charge in [-0.15, -0.1) is 0 Å². The number of alkyl halides is 3. The van der Waals surface area contributed by atoms with Crippen molar-refractivity contribution in [2.45, 2.75) is 45.3 Å². The van der Waals surface area contributed by atoms with Crippen molar-refractivity contribution in [1.29, 1.82) is 0 Å². The van der Waals surface area contributed by atoms with Crippen LogP contribution in [-0.2, 0) is 19.0 Å². The second-order valence-electron chi connectivity index (χ2n) is 7.95. The first kappa shape index (κ1) is 18.5. The average molecular weight is 388 g/mol. The van der Waals surface area contributed by atoms with Crippen molar-refractivity contribution >= 4 is 11.6 Å². The van der Waals surface area contributed by atoms with E-state index in [0.29, 0.717) is 17.7 Å². The van der Waals surface area contributed by atoms with E-state index in [1.165, 1.54) is 6.07 Å². The van der Waals surface area contributed by atoms with Crippen molar-refractivity contribution in [2.75, 3.05) is 0 Å². The van der Waals surface area contributed by atoms with Crippen molar-refractivity contribution in [3.63, 3.8) is 0 Å². The number of carbonyl (C=O) groups is 1. The van der Waals surface area contributed by atoms with Gasteiger partial charge in [-0.2, -0.15) is 18.3 Å². The molecule has 4 rings (SSSR count). The highest BCUT2D eigenvalue weighted by atomic mass is 19.4. The number of nitrogens with one attached hydrogen (secondary N) is 1. The lowest BCUT2D eigenvalue weighted by Gasteiger charge is -2.23. The number of rotatable bonds is 1. The molecule has 2 aromatic heterocycles. The third-order valence-corrected chi connectivity index (χ3v) is 4.61. The van der Waals surface area contributed by atoms with Gasteiger partial charge in [0.05, 0.1) is 5.69 Å². The van der Waals surface area contributed by atoms with Crippen LogP contribution in [0.25, 0.3) is 16.9 Å². The molecule has 0 unspecified atom stereocenters. The number of hydrogen-bond acceptors (Lipinski definition) is 3. The third kappa shape index (κ3) is 3.12. The number of aryl methyl sites for hydroxylation is 1. The lowest BCUT2D eigenvalue weighted by molar-refractivity contribution is -0.143. The van der Waals surface area contributed by atoms with Gasteiger partial charge in [0.2, 0.25) is 0 Å². The van der Waals surface area contributed by atoms with Crippen LogP contribution in [0.15, 0.2) is 30.3 Å². The first-order chi connectivity index (χ1) is 13.0. The SMILES string of the molecule is CC(C)(C)NC(=O)c1cc2nc3c(c(C(F)(F)F)n2n1)CCc1ccccc1-3. The highest BCUT2D eigenvalue weighted by Gasteiger charge is 2.40. The standard InChI is InChI=1S/C20H19F3N4O/c1-19(2,3)25-18(28)14-10-15-24-16-12-7-5-4-6-11(12)8-9-13(16)17(20(21,22)23)27(15)26-14/h4-7,10H,8-9H2,1-3H3,(H,25,28). The van der Waals surface area contributed by atoms with Crippen molar-refractivity contribution in [3.8, 4) is 11.3 Å². The minimum absolute atomic E-state index is 0.00170. The van der Waals surface area contributed by atoms with Crippen LogP contribution in [0.1, 0.15) is 48.1 Å². The van der Waals surface area contributed by atoms with Gasteiger partial charge in [0.15, 0.2) is 17.0 Å². The number of amides is 1. The van der Waals surface area contributed by atoms with Gasteiger partial charge in [-0.25, -0.2) is 9.50 Å². The van der Waals surface area contributed by atoms with Gasteiger partial charge in [0, 0.05) is 22.7 Å². The highest BCUT2D eigenvalue weighted by molar-refractivity contribution is 5.94. The number of nitrogens with zero attached hydrogens (tertiary/aromatic N) is 3. The Morgan fingerprint density at radius 1 is 1.14 bits per heavy atom. The topological polar surface area (TPSA) is 59.3 Å². The Kier molecular flexibility index (Phi) is 3.99. The fourth-order valence-electron chi connectivity index (χ4n) is 3.53. The monoisotopic (exact) mass is 388 g/mol. The van der Waals surface area contributed by atoms with Crippen molar-refractivity contribution in [3.05, 3.63) is 52.8 Å². The minimum atomic E-state index is -4.62. The first-order valence-electron chi connectivity index (χ1n) is 8.95. The van der Waals surface area contributed by atoms with E-state index in [1.54, 1.807) is 32.9 Å². The Labute approximate surface area is 159 Å². The molecule has 0 atom stereocenters. The molecule has 0 saturated heterocycles. The molecule has 28 heavy (non-hydrogen) atoms. The van der Waals surface area contributed by atoms with Crippen LogP contribution in [0, 0.1) is 0 Å². The van der Waals surface area contributed by atoms with E-state index in [-0.39, 0.29) is 23.3 Å². The number of carbonyl (C=O) groups excluding carboxylic acids is 1. The molecule has 2 heterocycles. The van der Waals surface area contributed by atoms with E-state index in [9.17, 15) is 18.0 Å². The van der Waals surface area contributed by atoms with E-state index < -0.39 is 23.3 Å². The molecule has 0 bridgehead atoms. The summed E-state index contributed by atoms with van der Waals surface area (Å²) < 4.78 is 42.7. The zero-order chi connectivity index (χ0) is 20.3. The Bertz CT molecular complexity index is 1090. The number of benzene rings is 1. The fourth-order valence-corrected chi connectivity index (χ4v) is 3.53. The van der Waals surface area contributed by atoms with Crippen molar-refractivity contribution < 1.29 is 18.0 Å². The molecule has 1 aliphatic carbocycles. The second kappa shape index (κ2) is 6.05. The van der Waals surface area contributed by atoms with Crippen LogP contribution in [-0.4, -0.2) is 26.0 Å². The molecule has 8 heteroatoms. The Morgan fingerprint density at radius 2 is 1.86 bits per heavy atom. The predicted octanol–water partition coefficient (Wildman–Crippen LogP) is 4.04. The Morgan fingerprint density at radius 3 is 2.54 bits per heavy atom. The van der Waals surface area contributed by atoms with Gasteiger partial charge in [-0.05, 0) is 39.2 Å². The molecule has 0 spiro atoms. The molecule has 1 amide bonds. The van der Waals surface area contributed by atoms with Crippen LogP contribution in [0.4, 0.5) is 13.2 Å². The van der Waals surface area contributed by atoms with E-state index in [4.69, 9.17) is 0 Å². The van der Waals surface area contributed by atoms with Gasteiger partial charge in [-0.1, -0.05) is 24.3 Å². The number of fused-ring (bicyclic) bond motifs is 4. The Hall–Kier alpha value is -2.90. The lowest BCUT2D eigenvalue weighted by Crippen LogP contribution is -2.40. The van der Waals surface area contributed by atoms with Crippen LogP contribution in [0.5, 0.6) is 0 Å². The summed E-state index contributed by atoms with van der Waals surface area (Å²) in [6, 6.07) is 8.62. The maximum absolute atomic E-state index is 14.0. The molecule has 0 fully saturated rings. The van der Waals surface area contributed by atoms with Crippen molar-refractivity contribution in [1.82, 2.24) is 19.9 Å². The van der Waals surface area contributed by atoms with E-state index in [0.717, 1.165) is 10.1 Å². The molecule has 5 nitrogen and oxygen atoms in total. The Balaban J connectivity index is 1.96. The maximum atomic E-state index is 14.0. The maximum Gasteiger partial charge on any atom is 0.433 e. The molecule has 1 N–H and O–H groups in total. The second-order valence-corrected chi connectivity index (χ2v) is 7.95. The molecule has 146 valence electrons. The summed E-state index contributed by atoms with van der Waals surface area (Å²) in [5, 5.41) is 6.67. The van der Waals surface area contributed by atoms with Crippen LogP contribution < -0.4 is 5.32 Å². The normalized spacial score (nSPS) is 13.9. The number of aromatic nitrogens is 3. The predicted molar refractivity (Wildman–Crippen MR) is 98.1 cm³/mol. The van der Waals surface area contributed by atoms with E-state index in [2.05, 4.69) is 15.4 Å². The van der Waals surface area contributed by atoms with Gasteiger partial charge in [-0.3, -0.25) is 4.79 Å². The van der Waals surface area contributed by atoms with Gasteiger partial charge in [0.25, 0.3) is 5.91 Å². The number of halogens is 3. The summed E-state index contributed by atoms with van der Waals surface area (Å²) in [6.07, 6.45) is -3.91. The summed E-state index contributed by atoms with van der Waals surface area (Å²) in [4.78, 5) is 16.9. The molecule has 0 radical (unpaired) electrons. The smallest absolute Gasteiger partial charge is 0.346 e. The molecule has 1 aromatic carbocycles. The van der Waals surface area contributed by atoms with Crippen LogP contribution in [0.3, 0.4) is 0 Å². The molecule has 1 aliphatic rings.